The summed E-state index contributed by atoms with van der Waals surface area (Å²) < 4.78 is 36.7. The van der Waals surface area contributed by atoms with Crippen LogP contribution in [0, 0.1) is 0 Å². The number of hydrogen-bond acceptors (Lipinski definition) is 4. The van der Waals surface area contributed by atoms with Crippen LogP contribution in [-0.2, 0) is 24.9 Å². The Labute approximate surface area is 150 Å². The average Bonchev–Trinajstić information content (AvgIpc) is 2.42. The summed E-state index contributed by atoms with van der Waals surface area (Å²) in [6, 6.07) is 5.31. The van der Waals surface area contributed by atoms with Crippen molar-refractivity contribution in [1.29, 1.82) is 0 Å². The first-order valence-electron chi connectivity index (χ1n) is 8.01. The lowest BCUT2D eigenvalue weighted by molar-refractivity contribution is -0.128. The van der Waals surface area contributed by atoms with Gasteiger partial charge in [0, 0.05) is 18.2 Å². The van der Waals surface area contributed by atoms with Crippen LogP contribution in [0.4, 0.5) is 5.69 Å². The standard InChI is InChI=1S/C17H28ClNO4S/c1-7-22-16(23-8-2)12-19(24(6,20)21)13-9-10-14(15(18)11-13)17(3,4)5/h9-11,16H,7-8,12H2,1-6H3. The van der Waals surface area contributed by atoms with Crippen LogP contribution in [0.1, 0.15) is 40.2 Å². The maximum Gasteiger partial charge on any atom is 0.232 e. The Balaban J connectivity index is 3.21. The van der Waals surface area contributed by atoms with E-state index in [0.29, 0.717) is 23.9 Å². The van der Waals surface area contributed by atoms with Crippen molar-refractivity contribution in [3.8, 4) is 0 Å². The molecular weight excluding hydrogens is 350 g/mol. The Kier molecular flexibility index (Phi) is 7.53. The van der Waals surface area contributed by atoms with Gasteiger partial charge in [-0.3, -0.25) is 4.31 Å². The highest BCUT2D eigenvalue weighted by Gasteiger charge is 2.25. The number of halogens is 1. The average molecular weight is 378 g/mol. The Morgan fingerprint density at radius 2 is 1.71 bits per heavy atom. The number of anilines is 1. The van der Waals surface area contributed by atoms with Crippen LogP contribution < -0.4 is 4.31 Å². The minimum Gasteiger partial charge on any atom is -0.351 e. The molecule has 0 atom stereocenters. The molecule has 1 aromatic rings. The maximum absolute atomic E-state index is 12.2. The summed E-state index contributed by atoms with van der Waals surface area (Å²) in [4.78, 5) is 0. The molecule has 0 bridgehead atoms. The van der Waals surface area contributed by atoms with E-state index < -0.39 is 16.3 Å². The van der Waals surface area contributed by atoms with Gasteiger partial charge in [-0.1, -0.05) is 38.4 Å². The number of nitrogens with zero attached hydrogens (tertiary/aromatic N) is 1. The third-order valence-corrected chi connectivity index (χ3v) is 4.94. The van der Waals surface area contributed by atoms with Crippen molar-refractivity contribution in [3.63, 3.8) is 0 Å². The third kappa shape index (κ3) is 5.92. The molecule has 0 spiro atoms. The highest BCUT2D eigenvalue weighted by atomic mass is 35.5. The van der Waals surface area contributed by atoms with Gasteiger partial charge in [-0.2, -0.15) is 0 Å². The van der Waals surface area contributed by atoms with Gasteiger partial charge in [-0.15, -0.1) is 0 Å². The molecule has 0 heterocycles. The van der Waals surface area contributed by atoms with Crippen LogP contribution >= 0.6 is 11.6 Å². The lowest BCUT2D eigenvalue weighted by Crippen LogP contribution is -2.39. The fourth-order valence-electron chi connectivity index (χ4n) is 2.36. The van der Waals surface area contributed by atoms with Crippen molar-refractivity contribution >= 4 is 27.3 Å². The summed E-state index contributed by atoms with van der Waals surface area (Å²) in [5.41, 5.74) is 1.34. The number of benzene rings is 1. The molecule has 0 aromatic heterocycles. The van der Waals surface area contributed by atoms with Gasteiger partial charge in [-0.25, -0.2) is 8.42 Å². The molecule has 0 N–H and O–H groups in total. The molecule has 0 aliphatic heterocycles. The van der Waals surface area contributed by atoms with E-state index in [-0.39, 0.29) is 12.0 Å². The van der Waals surface area contributed by atoms with Crippen molar-refractivity contribution in [3.05, 3.63) is 28.8 Å². The topological polar surface area (TPSA) is 55.8 Å². The number of ether oxygens (including phenoxy) is 2. The first-order chi connectivity index (χ1) is 11.0. The SMILES string of the molecule is CCOC(CN(c1ccc(C(C)(C)C)c(Cl)c1)S(C)(=O)=O)OCC. The molecule has 0 saturated heterocycles. The Morgan fingerprint density at radius 3 is 2.08 bits per heavy atom. The minimum absolute atomic E-state index is 0.0751. The second-order valence-corrected chi connectivity index (χ2v) is 8.86. The van der Waals surface area contributed by atoms with Crippen molar-refractivity contribution in [2.45, 2.75) is 46.3 Å². The van der Waals surface area contributed by atoms with Gasteiger partial charge >= 0.3 is 0 Å². The molecule has 1 aromatic carbocycles. The van der Waals surface area contributed by atoms with Crippen molar-refractivity contribution < 1.29 is 17.9 Å². The minimum atomic E-state index is -3.50. The lowest BCUT2D eigenvalue weighted by atomic mass is 9.87. The molecule has 0 aliphatic rings. The van der Waals surface area contributed by atoms with Gasteiger partial charge < -0.3 is 9.47 Å². The number of sulfonamides is 1. The van der Waals surface area contributed by atoms with E-state index in [9.17, 15) is 8.42 Å². The highest BCUT2D eigenvalue weighted by Crippen LogP contribution is 2.33. The molecule has 0 radical (unpaired) electrons. The van der Waals surface area contributed by atoms with Gasteiger partial charge in [0.25, 0.3) is 0 Å². The molecule has 5 nitrogen and oxygen atoms in total. The normalized spacial score (nSPS) is 12.7. The zero-order chi connectivity index (χ0) is 18.5. The molecule has 0 saturated carbocycles. The van der Waals surface area contributed by atoms with E-state index in [0.717, 1.165) is 11.8 Å². The van der Waals surface area contributed by atoms with Crippen LogP contribution in [0.2, 0.25) is 5.02 Å². The number of rotatable bonds is 8. The summed E-state index contributed by atoms with van der Waals surface area (Å²) in [6.45, 7) is 10.8. The van der Waals surface area contributed by atoms with Gasteiger partial charge in [0.1, 0.15) is 0 Å². The molecule has 1 rings (SSSR count). The summed E-state index contributed by atoms with van der Waals surface area (Å²) in [6.07, 6.45) is 0.531. The first-order valence-corrected chi connectivity index (χ1v) is 10.2. The Morgan fingerprint density at radius 1 is 1.17 bits per heavy atom. The number of hydrogen-bond donors (Lipinski definition) is 0. The fourth-order valence-corrected chi connectivity index (χ4v) is 3.71. The second-order valence-electron chi connectivity index (χ2n) is 6.55. The summed E-state index contributed by atoms with van der Waals surface area (Å²) in [5.74, 6) is 0. The van der Waals surface area contributed by atoms with Crippen molar-refractivity contribution in [2.75, 3.05) is 30.3 Å². The molecule has 0 amide bonds. The quantitative estimate of drug-likeness (QED) is 0.646. The second kappa shape index (κ2) is 8.52. The molecule has 0 aliphatic carbocycles. The molecule has 7 heteroatoms. The van der Waals surface area contributed by atoms with E-state index in [4.69, 9.17) is 21.1 Å². The van der Waals surface area contributed by atoms with Crippen LogP contribution in [0.25, 0.3) is 0 Å². The van der Waals surface area contributed by atoms with Gasteiger partial charge in [0.05, 0.1) is 18.5 Å². The van der Waals surface area contributed by atoms with E-state index >= 15 is 0 Å². The van der Waals surface area contributed by atoms with E-state index in [1.165, 1.54) is 4.31 Å². The molecule has 138 valence electrons. The molecule has 24 heavy (non-hydrogen) atoms. The Bertz CT molecular complexity index is 634. The monoisotopic (exact) mass is 377 g/mol. The van der Waals surface area contributed by atoms with Crippen molar-refractivity contribution in [2.24, 2.45) is 0 Å². The van der Waals surface area contributed by atoms with E-state index in [2.05, 4.69) is 20.8 Å². The largest absolute Gasteiger partial charge is 0.351 e. The zero-order valence-electron chi connectivity index (χ0n) is 15.3. The summed E-state index contributed by atoms with van der Waals surface area (Å²) in [7, 11) is -3.50. The van der Waals surface area contributed by atoms with Crippen LogP contribution in [0.5, 0.6) is 0 Å². The molecular formula is C17H28ClNO4S. The van der Waals surface area contributed by atoms with Gasteiger partial charge in [0.2, 0.25) is 10.0 Å². The van der Waals surface area contributed by atoms with Crippen LogP contribution in [0.15, 0.2) is 18.2 Å². The third-order valence-electron chi connectivity index (χ3n) is 3.47. The van der Waals surface area contributed by atoms with Crippen LogP contribution in [-0.4, -0.2) is 40.7 Å². The zero-order valence-corrected chi connectivity index (χ0v) is 16.9. The van der Waals surface area contributed by atoms with E-state index in [1.54, 1.807) is 12.1 Å². The lowest BCUT2D eigenvalue weighted by Gasteiger charge is -2.28. The van der Waals surface area contributed by atoms with Crippen molar-refractivity contribution in [1.82, 2.24) is 0 Å². The predicted octanol–water partition coefficient (Wildman–Crippen LogP) is 3.80. The first kappa shape index (κ1) is 21.2. The van der Waals surface area contributed by atoms with Gasteiger partial charge in [-0.05, 0) is 37.0 Å². The fraction of sp³-hybridized carbons (Fsp3) is 0.647. The smallest absolute Gasteiger partial charge is 0.232 e. The maximum atomic E-state index is 12.2. The van der Waals surface area contributed by atoms with Crippen LogP contribution in [0.3, 0.4) is 0 Å². The Hall–Kier alpha value is -0.820. The molecule has 0 unspecified atom stereocenters. The highest BCUT2D eigenvalue weighted by molar-refractivity contribution is 7.92. The summed E-state index contributed by atoms with van der Waals surface area (Å²) >= 11 is 6.38. The summed E-state index contributed by atoms with van der Waals surface area (Å²) in [5, 5.41) is 0.540. The predicted molar refractivity (Wildman–Crippen MR) is 99.4 cm³/mol. The molecule has 0 fully saturated rings. The van der Waals surface area contributed by atoms with E-state index in [1.807, 2.05) is 19.9 Å². The van der Waals surface area contributed by atoms with Gasteiger partial charge in [0.15, 0.2) is 6.29 Å².